The highest BCUT2D eigenvalue weighted by molar-refractivity contribution is 5.83. The fourth-order valence-corrected chi connectivity index (χ4v) is 4.26. The summed E-state index contributed by atoms with van der Waals surface area (Å²) in [4.78, 5) is 27.5. The molecule has 33 heavy (non-hydrogen) atoms. The van der Waals surface area contributed by atoms with E-state index in [1.807, 2.05) is 48.5 Å². The first-order valence-corrected chi connectivity index (χ1v) is 11.1. The maximum atomic E-state index is 13.2. The van der Waals surface area contributed by atoms with Crippen molar-refractivity contribution >= 4 is 11.8 Å². The zero-order valence-electron chi connectivity index (χ0n) is 18.6. The molecule has 3 aromatic rings. The van der Waals surface area contributed by atoms with Crippen molar-refractivity contribution < 1.29 is 18.7 Å². The van der Waals surface area contributed by atoms with Crippen molar-refractivity contribution in [3.8, 4) is 16.9 Å². The third-order valence-electron chi connectivity index (χ3n) is 5.99. The maximum Gasteiger partial charge on any atom is 0.227 e. The number of benzene rings is 3. The zero-order chi connectivity index (χ0) is 23.2. The van der Waals surface area contributed by atoms with E-state index in [0.29, 0.717) is 26.1 Å². The van der Waals surface area contributed by atoms with Crippen LogP contribution in [0.5, 0.6) is 5.75 Å². The van der Waals surface area contributed by atoms with Gasteiger partial charge in [-0.2, -0.15) is 0 Å². The molecule has 0 unspecified atom stereocenters. The number of hydrogen-bond acceptors (Lipinski definition) is 3. The second kappa shape index (κ2) is 10.3. The lowest BCUT2D eigenvalue weighted by molar-refractivity contribution is -0.131. The van der Waals surface area contributed by atoms with E-state index in [1.54, 1.807) is 24.1 Å². The number of para-hydroxylation sites is 1. The monoisotopic (exact) mass is 446 g/mol. The minimum Gasteiger partial charge on any atom is -0.496 e. The van der Waals surface area contributed by atoms with Crippen LogP contribution in [0.2, 0.25) is 0 Å². The largest absolute Gasteiger partial charge is 0.496 e. The number of halogens is 1. The van der Waals surface area contributed by atoms with Crippen LogP contribution >= 0.6 is 0 Å². The van der Waals surface area contributed by atoms with Crippen LogP contribution in [-0.2, 0) is 22.4 Å². The van der Waals surface area contributed by atoms with E-state index in [4.69, 9.17) is 4.74 Å². The van der Waals surface area contributed by atoms with Gasteiger partial charge in [0.2, 0.25) is 11.8 Å². The van der Waals surface area contributed by atoms with Crippen molar-refractivity contribution in [1.29, 1.82) is 0 Å². The molecular weight excluding hydrogens is 419 g/mol. The molecule has 5 nitrogen and oxygen atoms in total. The van der Waals surface area contributed by atoms with Crippen LogP contribution in [0.25, 0.3) is 11.1 Å². The number of hydrogen-bond donors (Lipinski definition) is 1. The Morgan fingerprint density at radius 1 is 1.03 bits per heavy atom. The predicted molar refractivity (Wildman–Crippen MR) is 125 cm³/mol. The SMILES string of the molecule is COc1ccccc1-c1ccccc1C[C@@H]1CN(C(=O)Cc2ccc(F)cc2)CCNC1=O. The standard InChI is InChI=1S/C27H27FN2O3/c1-33-25-9-5-4-8-24(25)23-7-3-2-6-20(23)17-21-18-30(15-14-29-27(21)32)26(31)16-19-10-12-22(28)13-11-19/h2-13,21H,14-18H2,1H3,(H,29,32)/t21-/m1/s1. The van der Waals surface area contributed by atoms with Gasteiger partial charge in [-0.3, -0.25) is 9.59 Å². The Morgan fingerprint density at radius 2 is 1.73 bits per heavy atom. The van der Waals surface area contributed by atoms with E-state index >= 15 is 0 Å². The molecule has 3 aromatic carbocycles. The van der Waals surface area contributed by atoms with E-state index in [0.717, 1.165) is 28.0 Å². The highest BCUT2D eigenvalue weighted by atomic mass is 19.1. The normalized spacial score (nSPS) is 16.1. The Balaban J connectivity index is 1.54. The van der Waals surface area contributed by atoms with Crippen LogP contribution < -0.4 is 10.1 Å². The molecule has 170 valence electrons. The van der Waals surface area contributed by atoms with Gasteiger partial charge in [-0.1, -0.05) is 54.6 Å². The Kier molecular flexibility index (Phi) is 7.03. The van der Waals surface area contributed by atoms with Gasteiger partial charge in [-0.05, 0) is 41.3 Å². The number of nitrogens with one attached hydrogen (secondary N) is 1. The average molecular weight is 447 g/mol. The molecular formula is C27H27FN2O3. The minimum atomic E-state index is -0.375. The molecule has 0 radical (unpaired) electrons. The van der Waals surface area contributed by atoms with Gasteiger partial charge >= 0.3 is 0 Å². The molecule has 1 aliphatic rings. The van der Waals surface area contributed by atoms with Crippen molar-refractivity contribution in [2.24, 2.45) is 5.92 Å². The third kappa shape index (κ3) is 5.40. The number of carbonyl (C=O) groups excluding carboxylic acids is 2. The Labute approximate surface area is 193 Å². The van der Waals surface area contributed by atoms with E-state index in [2.05, 4.69) is 5.32 Å². The summed E-state index contributed by atoms with van der Waals surface area (Å²) in [6.07, 6.45) is 0.680. The topological polar surface area (TPSA) is 58.6 Å². The third-order valence-corrected chi connectivity index (χ3v) is 5.99. The second-order valence-electron chi connectivity index (χ2n) is 8.19. The van der Waals surface area contributed by atoms with Crippen LogP contribution in [0.3, 0.4) is 0 Å². The van der Waals surface area contributed by atoms with Gasteiger partial charge in [0.15, 0.2) is 0 Å². The average Bonchev–Trinajstić information content (AvgIpc) is 3.02. The van der Waals surface area contributed by atoms with Crippen LogP contribution in [0.15, 0.2) is 72.8 Å². The molecule has 0 spiro atoms. The zero-order valence-corrected chi connectivity index (χ0v) is 18.6. The highest BCUT2D eigenvalue weighted by Gasteiger charge is 2.28. The van der Waals surface area contributed by atoms with Crippen molar-refractivity contribution in [3.63, 3.8) is 0 Å². The maximum absolute atomic E-state index is 13.2. The molecule has 1 fully saturated rings. The Morgan fingerprint density at radius 3 is 2.48 bits per heavy atom. The number of nitrogens with zero attached hydrogens (tertiary/aromatic N) is 1. The molecule has 0 aliphatic carbocycles. The lowest BCUT2D eigenvalue weighted by Gasteiger charge is -2.24. The lowest BCUT2D eigenvalue weighted by Crippen LogP contribution is -2.38. The molecule has 1 heterocycles. The number of amides is 2. The first kappa shape index (κ1) is 22.5. The molecule has 0 saturated carbocycles. The summed E-state index contributed by atoms with van der Waals surface area (Å²) in [7, 11) is 1.64. The van der Waals surface area contributed by atoms with Gasteiger partial charge < -0.3 is 15.0 Å². The van der Waals surface area contributed by atoms with Crippen LogP contribution in [0.4, 0.5) is 4.39 Å². The lowest BCUT2D eigenvalue weighted by atomic mass is 9.91. The first-order chi connectivity index (χ1) is 16.0. The van der Waals surface area contributed by atoms with Crippen LogP contribution in [0.1, 0.15) is 11.1 Å². The number of methoxy groups -OCH3 is 1. The fourth-order valence-electron chi connectivity index (χ4n) is 4.26. The summed E-state index contributed by atoms with van der Waals surface area (Å²) in [6.45, 7) is 1.21. The molecule has 1 aliphatic heterocycles. The second-order valence-corrected chi connectivity index (χ2v) is 8.19. The van der Waals surface area contributed by atoms with Crippen molar-refractivity contribution in [3.05, 3.63) is 89.7 Å². The van der Waals surface area contributed by atoms with Crippen molar-refractivity contribution in [2.75, 3.05) is 26.7 Å². The molecule has 0 bridgehead atoms. The van der Waals surface area contributed by atoms with Gasteiger partial charge in [0, 0.05) is 25.2 Å². The van der Waals surface area contributed by atoms with Gasteiger partial charge in [0.25, 0.3) is 0 Å². The van der Waals surface area contributed by atoms with Crippen LogP contribution in [-0.4, -0.2) is 43.5 Å². The summed E-state index contributed by atoms with van der Waals surface area (Å²) in [6, 6.07) is 21.7. The van der Waals surface area contributed by atoms with Gasteiger partial charge in [0.05, 0.1) is 19.4 Å². The summed E-state index contributed by atoms with van der Waals surface area (Å²) in [5, 5.41) is 2.95. The van der Waals surface area contributed by atoms with Gasteiger partial charge in [-0.25, -0.2) is 4.39 Å². The van der Waals surface area contributed by atoms with Gasteiger partial charge in [-0.15, -0.1) is 0 Å². The van der Waals surface area contributed by atoms with E-state index in [1.165, 1.54) is 12.1 Å². The number of carbonyl (C=O) groups is 2. The fraction of sp³-hybridized carbons (Fsp3) is 0.259. The number of rotatable bonds is 6. The summed E-state index contributed by atoms with van der Waals surface area (Å²) < 4.78 is 18.7. The molecule has 4 rings (SSSR count). The molecule has 2 amide bonds. The molecule has 1 saturated heterocycles. The molecule has 6 heteroatoms. The Hall–Kier alpha value is -3.67. The Bertz CT molecular complexity index is 1130. The van der Waals surface area contributed by atoms with E-state index < -0.39 is 0 Å². The summed E-state index contributed by atoms with van der Waals surface area (Å²) in [5.74, 6) is -0.0560. The van der Waals surface area contributed by atoms with E-state index in [9.17, 15) is 14.0 Å². The molecule has 0 aromatic heterocycles. The quantitative estimate of drug-likeness (QED) is 0.626. The highest BCUT2D eigenvalue weighted by Crippen LogP contribution is 2.33. The van der Waals surface area contributed by atoms with Crippen LogP contribution in [0, 0.1) is 11.7 Å². The summed E-state index contributed by atoms with van der Waals surface area (Å²) >= 11 is 0. The van der Waals surface area contributed by atoms with Gasteiger partial charge in [0.1, 0.15) is 11.6 Å². The van der Waals surface area contributed by atoms with Crippen molar-refractivity contribution in [1.82, 2.24) is 10.2 Å². The van der Waals surface area contributed by atoms with E-state index in [-0.39, 0.29) is 30.0 Å². The smallest absolute Gasteiger partial charge is 0.227 e. The van der Waals surface area contributed by atoms with Crippen molar-refractivity contribution in [2.45, 2.75) is 12.8 Å². The minimum absolute atomic E-state index is 0.0538. The number of ether oxygens (including phenoxy) is 1. The molecule has 1 atom stereocenters. The first-order valence-electron chi connectivity index (χ1n) is 11.1. The summed E-state index contributed by atoms with van der Waals surface area (Å²) in [5.41, 5.74) is 3.75. The predicted octanol–water partition coefficient (Wildman–Crippen LogP) is 3.86. The molecule has 1 N–H and O–H groups in total.